The summed E-state index contributed by atoms with van der Waals surface area (Å²) in [5, 5.41) is 0. The molecule has 3 N–H and O–H groups in total. The molecule has 0 amide bonds. The molecule has 0 spiro atoms. The van der Waals surface area contributed by atoms with Gasteiger partial charge in [-0.15, -0.1) is 0 Å². The van der Waals surface area contributed by atoms with Crippen molar-refractivity contribution in [3.05, 3.63) is 35.4 Å². The van der Waals surface area contributed by atoms with Gasteiger partial charge < -0.3 is 4.74 Å². The van der Waals surface area contributed by atoms with Crippen LogP contribution in [0.5, 0.6) is 0 Å². The molecule has 0 aliphatic rings. The Morgan fingerprint density at radius 2 is 2.00 bits per heavy atom. The van der Waals surface area contributed by atoms with E-state index in [0.717, 1.165) is 0 Å². The van der Waals surface area contributed by atoms with Crippen molar-refractivity contribution in [2.24, 2.45) is 5.84 Å². The first-order valence-electron chi connectivity index (χ1n) is 4.33. The first kappa shape index (κ1) is 10.2. The van der Waals surface area contributed by atoms with Gasteiger partial charge in [-0.05, 0) is 18.1 Å². The normalized spacial score (nSPS) is 12.8. The van der Waals surface area contributed by atoms with Gasteiger partial charge in [0.15, 0.2) is 0 Å². The van der Waals surface area contributed by atoms with Gasteiger partial charge in [0.2, 0.25) is 0 Å². The lowest BCUT2D eigenvalue weighted by Crippen LogP contribution is -2.20. The zero-order chi connectivity index (χ0) is 9.68. The number of hydrazine groups is 1. The summed E-state index contributed by atoms with van der Waals surface area (Å²) in [6.45, 7) is 2.72. The summed E-state index contributed by atoms with van der Waals surface area (Å²) >= 11 is 0. The third-order valence-electron chi connectivity index (χ3n) is 2.11. The smallest absolute Gasteiger partial charge is 0.0793 e. The fourth-order valence-electron chi connectivity index (χ4n) is 1.16. The molecule has 3 heteroatoms. The molecule has 0 aliphatic carbocycles. The van der Waals surface area contributed by atoms with Gasteiger partial charge in [-0.1, -0.05) is 24.3 Å². The number of methoxy groups -OCH3 is 1. The second-order valence-corrected chi connectivity index (χ2v) is 3.00. The highest BCUT2D eigenvalue weighted by molar-refractivity contribution is 5.23. The number of hydrogen-bond donors (Lipinski definition) is 2. The minimum atomic E-state index is 0.153. The lowest BCUT2D eigenvalue weighted by molar-refractivity contribution is 0.119. The van der Waals surface area contributed by atoms with Crippen LogP contribution < -0.4 is 11.3 Å². The SMILES string of the molecule is COC(C)c1ccc(CNN)cc1. The summed E-state index contributed by atoms with van der Waals surface area (Å²) in [5.74, 6) is 5.21. The van der Waals surface area contributed by atoms with Crippen molar-refractivity contribution in [3.63, 3.8) is 0 Å². The predicted molar refractivity (Wildman–Crippen MR) is 52.9 cm³/mol. The van der Waals surface area contributed by atoms with E-state index in [9.17, 15) is 0 Å². The van der Waals surface area contributed by atoms with E-state index in [1.165, 1.54) is 11.1 Å². The number of hydrogen-bond acceptors (Lipinski definition) is 3. The van der Waals surface area contributed by atoms with Crippen molar-refractivity contribution in [2.45, 2.75) is 19.6 Å². The van der Waals surface area contributed by atoms with Crippen LogP contribution in [0.2, 0.25) is 0 Å². The molecule has 72 valence electrons. The van der Waals surface area contributed by atoms with Gasteiger partial charge in [0.05, 0.1) is 6.10 Å². The highest BCUT2D eigenvalue weighted by Gasteiger charge is 2.02. The Morgan fingerprint density at radius 1 is 1.38 bits per heavy atom. The Balaban J connectivity index is 2.69. The maximum absolute atomic E-state index is 5.21. The van der Waals surface area contributed by atoms with Crippen molar-refractivity contribution >= 4 is 0 Å². The lowest BCUT2D eigenvalue weighted by Gasteiger charge is -2.10. The van der Waals surface area contributed by atoms with Crippen molar-refractivity contribution in [1.82, 2.24) is 5.43 Å². The molecule has 0 aromatic heterocycles. The number of ether oxygens (including phenoxy) is 1. The maximum Gasteiger partial charge on any atom is 0.0793 e. The van der Waals surface area contributed by atoms with E-state index in [4.69, 9.17) is 10.6 Å². The van der Waals surface area contributed by atoms with Gasteiger partial charge in [-0.25, -0.2) is 0 Å². The highest BCUT2D eigenvalue weighted by Crippen LogP contribution is 2.15. The largest absolute Gasteiger partial charge is 0.377 e. The number of nitrogens with one attached hydrogen (secondary N) is 1. The summed E-state index contributed by atoms with van der Waals surface area (Å²) in [5.41, 5.74) is 4.97. The van der Waals surface area contributed by atoms with E-state index < -0.39 is 0 Å². The van der Waals surface area contributed by atoms with Gasteiger partial charge >= 0.3 is 0 Å². The van der Waals surface area contributed by atoms with Gasteiger partial charge in [0.25, 0.3) is 0 Å². The Kier molecular flexibility index (Phi) is 3.89. The Morgan fingerprint density at radius 3 is 2.46 bits per heavy atom. The molecular formula is C10H16N2O. The van der Waals surface area contributed by atoms with E-state index >= 15 is 0 Å². The van der Waals surface area contributed by atoms with Crippen molar-refractivity contribution < 1.29 is 4.74 Å². The molecule has 1 aromatic carbocycles. The first-order valence-corrected chi connectivity index (χ1v) is 4.33. The third-order valence-corrected chi connectivity index (χ3v) is 2.11. The van der Waals surface area contributed by atoms with Crippen LogP contribution in [-0.2, 0) is 11.3 Å². The molecule has 0 saturated heterocycles. The van der Waals surface area contributed by atoms with E-state index in [0.29, 0.717) is 6.54 Å². The predicted octanol–water partition coefficient (Wildman–Crippen LogP) is 1.36. The molecule has 0 bridgehead atoms. The molecule has 1 unspecified atom stereocenters. The van der Waals surface area contributed by atoms with Crippen LogP contribution in [0.4, 0.5) is 0 Å². The fraction of sp³-hybridized carbons (Fsp3) is 0.400. The maximum atomic E-state index is 5.21. The lowest BCUT2D eigenvalue weighted by atomic mass is 10.1. The standard InChI is InChI=1S/C10H16N2O/c1-8(13-2)10-5-3-9(4-6-10)7-12-11/h3-6,8,12H,7,11H2,1-2H3. The van der Waals surface area contributed by atoms with Crippen molar-refractivity contribution in [2.75, 3.05) is 7.11 Å². The third kappa shape index (κ3) is 2.81. The first-order chi connectivity index (χ1) is 6.27. The molecule has 0 saturated carbocycles. The van der Waals surface area contributed by atoms with Crippen molar-refractivity contribution in [3.8, 4) is 0 Å². The molecule has 0 aliphatic heterocycles. The second-order valence-electron chi connectivity index (χ2n) is 3.00. The van der Waals surface area contributed by atoms with E-state index in [2.05, 4.69) is 17.6 Å². The average Bonchev–Trinajstić information content (AvgIpc) is 2.18. The van der Waals surface area contributed by atoms with Crippen molar-refractivity contribution in [1.29, 1.82) is 0 Å². The topological polar surface area (TPSA) is 47.3 Å². The molecule has 3 nitrogen and oxygen atoms in total. The average molecular weight is 180 g/mol. The summed E-state index contributed by atoms with van der Waals surface area (Å²) in [6, 6.07) is 8.21. The van der Waals surface area contributed by atoms with Gasteiger partial charge in [-0.3, -0.25) is 11.3 Å². The number of nitrogens with two attached hydrogens (primary N) is 1. The Labute approximate surface area is 78.9 Å². The second kappa shape index (κ2) is 4.97. The van der Waals surface area contributed by atoms with E-state index in [1.54, 1.807) is 7.11 Å². The van der Waals surface area contributed by atoms with Crippen LogP contribution in [-0.4, -0.2) is 7.11 Å². The zero-order valence-electron chi connectivity index (χ0n) is 8.08. The monoisotopic (exact) mass is 180 g/mol. The van der Waals surface area contributed by atoms with Crippen LogP contribution in [0, 0.1) is 0 Å². The number of benzene rings is 1. The van der Waals surface area contributed by atoms with Gasteiger partial charge in [0.1, 0.15) is 0 Å². The minimum Gasteiger partial charge on any atom is -0.377 e. The number of rotatable bonds is 4. The fourth-order valence-corrected chi connectivity index (χ4v) is 1.16. The Bertz CT molecular complexity index is 246. The highest BCUT2D eigenvalue weighted by atomic mass is 16.5. The molecule has 0 heterocycles. The molecule has 13 heavy (non-hydrogen) atoms. The summed E-state index contributed by atoms with van der Waals surface area (Å²) < 4.78 is 5.20. The quantitative estimate of drug-likeness (QED) is 0.543. The zero-order valence-corrected chi connectivity index (χ0v) is 8.08. The minimum absolute atomic E-state index is 0.153. The Hall–Kier alpha value is -0.900. The van der Waals surface area contributed by atoms with Crippen LogP contribution in [0.1, 0.15) is 24.2 Å². The van der Waals surface area contributed by atoms with Crippen LogP contribution in [0.25, 0.3) is 0 Å². The van der Waals surface area contributed by atoms with E-state index in [1.807, 2.05) is 19.1 Å². The molecular weight excluding hydrogens is 164 g/mol. The van der Waals surface area contributed by atoms with Gasteiger partial charge in [0, 0.05) is 13.7 Å². The summed E-state index contributed by atoms with van der Waals surface area (Å²) in [4.78, 5) is 0. The molecule has 0 radical (unpaired) electrons. The molecule has 1 atom stereocenters. The molecule has 1 rings (SSSR count). The van der Waals surface area contributed by atoms with Crippen LogP contribution >= 0.6 is 0 Å². The summed E-state index contributed by atoms with van der Waals surface area (Å²) in [7, 11) is 1.71. The molecule has 1 aromatic rings. The van der Waals surface area contributed by atoms with Gasteiger partial charge in [-0.2, -0.15) is 0 Å². The van der Waals surface area contributed by atoms with Crippen LogP contribution in [0.3, 0.4) is 0 Å². The summed E-state index contributed by atoms with van der Waals surface area (Å²) in [6.07, 6.45) is 0.153. The van der Waals surface area contributed by atoms with Crippen LogP contribution in [0.15, 0.2) is 24.3 Å². The molecule has 0 fully saturated rings. The van der Waals surface area contributed by atoms with E-state index in [-0.39, 0.29) is 6.10 Å².